The number of nitrogens with zero attached hydrogens (tertiary/aromatic N) is 3. The van der Waals surface area contributed by atoms with Gasteiger partial charge in [-0.3, -0.25) is 0 Å². The minimum atomic E-state index is -0.210. The molecule has 0 fully saturated rings. The summed E-state index contributed by atoms with van der Waals surface area (Å²) in [5.41, 5.74) is 3.97. The van der Waals surface area contributed by atoms with E-state index in [-0.39, 0.29) is 25.2 Å². The lowest BCUT2D eigenvalue weighted by atomic mass is 10.1. The number of benzene rings is 2. The number of aryl methyl sites for hydroxylation is 1. The Balaban J connectivity index is 1.35. The maximum Gasteiger partial charge on any atom is 0.322 e. The number of hydrogen-bond donors (Lipinski definition) is 2. The molecule has 3 heterocycles. The molecule has 0 unspecified atom stereocenters. The second kappa shape index (κ2) is 7.79. The van der Waals surface area contributed by atoms with E-state index in [0.717, 1.165) is 28.9 Å². The monoisotopic (exact) mass is 418 g/mol. The zero-order valence-electron chi connectivity index (χ0n) is 17.1. The molecule has 0 saturated heterocycles. The Morgan fingerprint density at radius 2 is 2.03 bits per heavy atom. The molecule has 1 aromatic heterocycles. The molecule has 2 amide bonds. The number of ether oxygens (including phenoxy) is 2. The molecule has 2 aliphatic heterocycles. The summed E-state index contributed by atoms with van der Waals surface area (Å²) in [4.78, 5) is 23.3. The van der Waals surface area contributed by atoms with Gasteiger partial charge in [-0.1, -0.05) is 19.1 Å². The van der Waals surface area contributed by atoms with Gasteiger partial charge < -0.3 is 24.8 Å². The number of nitrogens with one attached hydrogen (secondary N) is 1. The molecule has 31 heavy (non-hydrogen) atoms. The van der Waals surface area contributed by atoms with Crippen LogP contribution in [0.5, 0.6) is 17.4 Å². The van der Waals surface area contributed by atoms with E-state index in [2.05, 4.69) is 22.2 Å². The van der Waals surface area contributed by atoms with Crippen LogP contribution >= 0.6 is 0 Å². The maximum absolute atomic E-state index is 12.8. The number of amides is 2. The minimum Gasteiger partial charge on any atom is -0.493 e. The van der Waals surface area contributed by atoms with Crippen LogP contribution in [0.4, 0.5) is 10.5 Å². The van der Waals surface area contributed by atoms with Crippen molar-refractivity contribution in [2.75, 3.05) is 18.7 Å². The van der Waals surface area contributed by atoms with Gasteiger partial charge in [-0.2, -0.15) is 4.98 Å². The summed E-state index contributed by atoms with van der Waals surface area (Å²) in [5, 5.41) is 13.5. The van der Waals surface area contributed by atoms with Crippen molar-refractivity contribution in [2.24, 2.45) is 0 Å². The predicted molar refractivity (Wildman–Crippen MR) is 114 cm³/mol. The molecule has 8 nitrogen and oxygen atoms in total. The number of aromatic hydroxyl groups is 1. The van der Waals surface area contributed by atoms with Crippen molar-refractivity contribution in [3.05, 3.63) is 59.3 Å². The number of aromatic nitrogens is 2. The Labute approximate surface area is 179 Å². The molecular formula is C23H22N4O4. The van der Waals surface area contributed by atoms with E-state index < -0.39 is 0 Å². The fourth-order valence-corrected chi connectivity index (χ4v) is 3.81. The Hall–Kier alpha value is -3.81. The third-order valence-electron chi connectivity index (χ3n) is 5.54. The van der Waals surface area contributed by atoms with Gasteiger partial charge >= 0.3 is 6.03 Å². The van der Waals surface area contributed by atoms with Crippen LogP contribution in [0.25, 0.3) is 11.4 Å². The topological polar surface area (TPSA) is 96.8 Å². The van der Waals surface area contributed by atoms with Gasteiger partial charge in [0, 0.05) is 24.2 Å². The number of carbonyl (C=O) groups is 1. The fourth-order valence-electron chi connectivity index (χ4n) is 3.81. The molecule has 3 aromatic rings. The summed E-state index contributed by atoms with van der Waals surface area (Å²) in [6.45, 7) is 3.02. The summed E-state index contributed by atoms with van der Waals surface area (Å²) >= 11 is 0. The molecular weight excluding hydrogens is 396 g/mol. The molecule has 5 rings (SSSR count). The summed E-state index contributed by atoms with van der Waals surface area (Å²) in [7, 11) is 0. The van der Waals surface area contributed by atoms with E-state index in [1.807, 2.05) is 30.3 Å². The van der Waals surface area contributed by atoms with Crippen molar-refractivity contribution >= 4 is 11.7 Å². The van der Waals surface area contributed by atoms with Crippen molar-refractivity contribution in [3.63, 3.8) is 0 Å². The molecule has 0 atom stereocenters. The number of anilines is 1. The minimum absolute atomic E-state index is 0.108. The van der Waals surface area contributed by atoms with Gasteiger partial charge in [0.2, 0.25) is 12.7 Å². The van der Waals surface area contributed by atoms with Crippen LogP contribution in [0.2, 0.25) is 0 Å². The quantitative estimate of drug-likeness (QED) is 0.673. The normalized spacial score (nSPS) is 14.3. The molecule has 2 N–H and O–H groups in total. The maximum atomic E-state index is 12.8. The van der Waals surface area contributed by atoms with Crippen molar-refractivity contribution in [2.45, 2.75) is 26.3 Å². The van der Waals surface area contributed by atoms with Gasteiger partial charge in [-0.15, -0.1) is 0 Å². The van der Waals surface area contributed by atoms with Crippen LogP contribution in [0, 0.1) is 0 Å². The van der Waals surface area contributed by atoms with Crippen molar-refractivity contribution in [1.29, 1.82) is 0 Å². The highest BCUT2D eigenvalue weighted by molar-refractivity contribution is 5.89. The third kappa shape index (κ3) is 3.72. The molecule has 0 saturated carbocycles. The molecule has 0 aliphatic carbocycles. The summed E-state index contributed by atoms with van der Waals surface area (Å²) in [6, 6.07) is 13.0. The highest BCUT2D eigenvalue weighted by Gasteiger charge is 2.26. The molecule has 0 radical (unpaired) electrons. The Kier molecular flexibility index (Phi) is 4.82. The molecule has 0 bridgehead atoms. The molecule has 2 aromatic carbocycles. The molecule has 2 aliphatic rings. The standard InChI is InChI=1S/C23H22N4O4/c1-2-14-4-3-5-16(10-14)24-23(29)27-9-8-18-17(12-27)22(28)26-21(25-18)15-6-7-19-20(11-15)31-13-30-19/h3-7,10-11H,2,8-9,12-13H2,1H3,(H,24,29)(H,25,26,28). The van der Waals surface area contributed by atoms with E-state index in [4.69, 9.17) is 9.47 Å². The second-order valence-corrected chi connectivity index (χ2v) is 7.52. The van der Waals surface area contributed by atoms with Gasteiger partial charge in [0.25, 0.3) is 0 Å². The summed E-state index contributed by atoms with van der Waals surface area (Å²) in [5.74, 6) is 1.62. The summed E-state index contributed by atoms with van der Waals surface area (Å²) < 4.78 is 10.8. The third-order valence-corrected chi connectivity index (χ3v) is 5.54. The van der Waals surface area contributed by atoms with Crippen molar-refractivity contribution < 1.29 is 19.4 Å². The van der Waals surface area contributed by atoms with E-state index >= 15 is 0 Å². The highest BCUT2D eigenvalue weighted by atomic mass is 16.7. The van der Waals surface area contributed by atoms with Crippen molar-refractivity contribution in [1.82, 2.24) is 14.9 Å². The number of carbonyl (C=O) groups excluding carboxylic acids is 1. The van der Waals surface area contributed by atoms with Gasteiger partial charge in [0.05, 0.1) is 17.8 Å². The number of hydrogen-bond acceptors (Lipinski definition) is 6. The average Bonchev–Trinajstić information content (AvgIpc) is 3.27. The number of fused-ring (bicyclic) bond motifs is 2. The van der Waals surface area contributed by atoms with Crippen LogP contribution in [0.1, 0.15) is 23.7 Å². The Morgan fingerprint density at radius 1 is 1.16 bits per heavy atom. The number of rotatable bonds is 3. The first-order valence-corrected chi connectivity index (χ1v) is 10.2. The lowest BCUT2D eigenvalue weighted by Crippen LogP contribution is -2.39. The van der Waals surface area contributed by atoms with Crippen LogP contribution in [-0.4, -0.2) is 39.3 Å². The van der Waals surface area contributed by atoms with Crippen LogP contribution in [0.15, 0.2) is 42.5 Å². The SMILES string of the molecule is CCc1cccc(NC(=O)N2CCc3nc(-c4ccc5c(c4)OCO5)nc(O)c3C2)c1. The van der Waals surface area contributed by atoms with Crippen LogP contribution < -0.4 is 14.8 Å². The second-order valence-electron chi connectivity index (χ2n) is 7.52. The predicted octanol–water partition coefficient (Wildman–Crippen LogP) is 3.73. The fraction of sp³-hybridized carbons (Fsp3) is 0.261. The van der Waals surface area contributed by atoms with E-state index in [1.165, 1.54) is 0 Å². The average molecular weight is 418 g/mol. The first-order chi connectivity index (χ1) is 15.1. The number of urea groups is 1. The smallest absolute Gasteiger partial charge is 0.322 e. The van der Waals surface area contributed by atoms with Gasteiger partial charge in [-0.25, -0.2) is 9.78 Å². The van der Waals surface area contributed by atoms with E-state index in [1.54, 1.807) is 17.0 Å². The highest BCUT2D eigenvalue weighted by Crippen LogP contribution is 2.36. The van der Waals surface area contributed by atoms with E-state index in [0.29, 0.717) is 35.9 Å². The summed E-state index contributed by atoms with van der Waals surface area (Å²) in [6.07, 6.45) is 1.43. The first-order valence-electron chi connectivity index (χ1n) is 10.2. The van der Waals surface area contributed by atoms with Crippen molar-refractivity contribution in [3.8, 4) is 28.8 Å². The zero-order chi connectivity index (χ0) is 21.4. The first kappa shape index (κ1) is 19.2. The molecule has 158 valence electrons. The Bertz CT molecular complexity index is 1160. The van der Waals surface area contributed by atoms with Crippen LogP contribution in [0.3, 0.4) is 0 Å². The van der Waals surface area contributed by atoms with Crippen LogP contribution in [-0.2, 0) is 19.4 Å². The Morgan fingerprint density at radius 3 is 2.90 bits per heavy atom. The zero-order valence-corrected chi connectivity index (χ0v) is 17.1. The molecule has 0 spiro atoms. The lowest BCUT2D eigenvalue weighted by molar-refractivity contribution is 0.174. The van der Waals surface area contributed by atoms with Gasteiger partial charge in [0.1, 0.15) is 0 Å². The molecule has 8 heteroatoms. The lowest BCUT2D eigenvalue weighted by Gasteiger charge is -2.28. The van der Waals surface area contributed by atoms with Gasteiger partial charge in [-0.05, 0) is 42.3 Å². The van der Waals surface area contributed by atoms with E-state index in [9.17, 15) is 9.90 Å². The van der Waals surface area contributed by atoms with Gasteiger partial charge in [0.15, 0.2) is 17.3 Å². The largest absolute Gasteiger partial charge is 0.493 e.